The molecule has 3 nitrogen and oxygen atoms in total. The minimum absolute atomic E-state index is 0.551. The number of nitrogens with zero attached hydrogens (tertiary/aromatic N) is 1. The fraction of sp³-hybridized carbons (Fsp3) is 0.900. The lowest BCUT2D eigenvalue weighted by molar-refractivity contribution is -0.149. The highest BCUT2D eigenvalue weighted by molar-refractivity contribution is 5.74. The quantitative estimate of drug-likeness (QED) is 0.723. The fourth-order valence-electron chi connectivity index (χ4n) is 1.76. The van der Waals surface area contributed by atoms with Crippen LogP contribution in [0.15, 0.2) is 0 Å². The molecule has 1 saturated heterocycles. The van der Waals surface area contributed by atoms with Gasteiger partial charge in [-0.05, 0) is 39.3 Å². The lowest BCUT2D eigenvalue weighted by Gasteiger charge is -2.28. The molecule has 1 atom stereocenters. The summed E-state index contributed by atoms with van der Waals surface area (Å²) in [5.74, 6) is -0.665. The van der Waals surface area contributed by atoms with Crippen LogP contribution in [0.3, 0.4) is 0 Å². The van der Waals surface area contributed by atoms with Crippen molar-refractivity contribution in [1.82, 2.24) is 4.90 Å². The summed E-state index contributed by atoms with van der Waals surface area (Å²) in [6, 6.07) is 0. The Morgan fingerprint density at radius 3 is 2.38 bits per heavy atom. The van der Waals surface area contributed by atoms with Crippen molar-refractivity contribution in [3.63, 3.8) is 0 Å². The molecule has 76 valence electrons. The van der Waals surface area contributed by atoms with Crippen LogP contribution >= 0.6 is 0 Å². The van der Waals surface area contributed by atoms with Gasteiger partial charge in [0.1, 0.15) is 0 Å². The van der Waals surface area contributed by atoms with E-state index < -0.39 is 11.4 Å². The zero-order valence-electron chi connectivity index (χ0n) is 8.55. The monoisotopic (exact) mass is 185 g/mol. The summed E-state index contributed by atoms with van der Waals surface area (Å²) in [6.45, 7) is 6.64. The molecule has 1 N–H and O–H groups in total. The van der Waals surface area contributed by atoms with E-state index in [9.17, 15) is 4.79 Å². The predicted molar refractivity (Wildman–Crippen MR) is 51.7 cm³/mol. The molecular formula is C10H19NO2. The topological polar surface area (TPSA) is 40.5 Å². The second kappa shape index (κ2) is 4.09. The maximum Gasteiger partial charge on any atom is 0.310 e. The second-order valence-electron chi connectivity index (χ2n) is 4.20. The summed E-state index contributed by atoms with van der Waals surface area (Å²) < 4.78 is 0. The first-order valence-corrected chi connectivity index (χ1v) is 5.04. The average molecular weight is 185 g/mol. The highest BCUT2D eigenvalue weighted by atomic mass is 16.4. The molecule has 0 aromatic rings. The Morgan fingerprint density at radius 2 is 2.00 bits per heavy atom. The van der Waals surface area contributed by atoms with Crippen LogP contribution in [-0.4, -0.2) is 35.6 Å². The molecular weight excluding hydrogens is 166 g/mol. The van der Waals surface area contributed by atoms with Crippen LogP contribution in [0.25, 0.3) is 0 Å². The largest absolute Gasteiger partial charge is 0.481 e. The van der Waals surface area contributed by atoms with E-state index >= 15 is 0 Å². The Kier molecular flexibility index (Phi) is 3.31. The number of hydrogen-bond acceptors (Lipinski definition) is 2. The van der Waals surface area contributed by atoms with Crippen molar-refractivity contribution >= 4 is 5.97 Å². The van der Waals surface area contributed by atoms with E-state index in [0.29, 0.717) is 13.0 Å². The highest BCUT2D eigenvalue weighted by Gasteiger charge is 2.33. The van der Waals surface area contributed by atoms with E-state index in [1.807, 2.05) is 13.8 Å². The first-order valence-electron chi connectivity index (χ1n) is 5.04. The van der Waals surface area contributed by atoms with Crippen LogP contribution in [0.4, 0.5) is 0 Å². The van der Waals surface area contributed by atoms with Crippen LogP contribution in [0.5, 0.6) is 0 Å². The normalized spacial score (nSPS) is 22.9. The average Bonchev–Trinajstić information content (AvgIpc) is 2.56. The van der Waals surface area contributed by atoms with Crippen molar-refractivity contribution in [2.45, 2.75) is 33.1 Å². The molecule has 1 aliphatic rings. The molecule has 1 rings (SSSR count). The first kappa shape index (κ1) is 10.5. The SMILES string of the molecule is CCC(C)(CN1CCCC1)C(=O)O. The number of hydrogen-bond donors (Lipinski definition) is 1. The van der Waals surface area contributed by atoms with Gasteiger partial charge in [0, 0.05) is 6.54 Å². The molecule has 13 heavy (non-hydrogen) atoms. The molecule has 1 heterocycles. The summed E-state index contributed by atoms with van der Waals surface area (Å²) in [7, 11) is 0. The van der Waals surface area contributed by atoms with Gasteiger partial charge in [-0.25, -0.2) is 0 Å². The van der Waals surface area contributed by atoms with E-state index in [2.05, 4.69) is 4.90 Å². The number of carboxylic acid groups (broad SMARTS) is 1. The van der Waals surface area contributed by atoms with Crippen LogP contribution in [0.1, 0.15) is 33.1 Å². The summed E-state index contributed by atoms with van der Waals surface area (Å²) >= 11 is 0. The number of carboxylic acids is 1. The first-order chi connectivity index (χ1) is 6.08. The molecule has 1 fully saturated rings. The van der Waals surface area contributed by atoms with E-state index in [4.69, 9.17) is 5.11 Å². The standard InChI is InChI=1S/C10H19NO2/c1-3-10(2,9(12)13)8-11-6-4-5-7-11/h3-8H2,1-2H3,(H,12,13). The van der Waals surface area contributed by atoms with Crippen molar-refractivity contribution in [3.05, 3.63) is 0 Å². The van der Waals surface area contributed by atoms with Crippen LogP contribution in [0, 0.1) is 5.41 Å². The van der Waals surface area contributed by atoms with Gasteiger partial charge in [0.25, 0.3) is 0 Å². The maximum absolute atomic E-state index is 11.0. The second-order valence-corrected chi connectivity index (χ2v) is 4.20. The van der Waals surface area contributed by atoms with Gasteiger partial charge in [0.15, 0.2) is 0 Å². The molecule has 0 aromatic carbocycles. The zero-order chi connectivity index (χ0) is 9.90. The van der Waals surface area contributed by atoms with Crippen LogP contribution in [0.2, 0.25) is 0 Å². The minimum Gasteiger partial charge on any atom is -0.481 e. The van der Waals surface area contributed by atoms with Crippen molar-refractivity contribution in [2.75, 3.05) is 19.6 Å². The van der Waals surface area contributed by atoms with Gasteiger partial charge < -0.3 is 10.0 Å². The van der Waals surface area contributed by atoms with Crippen LogP contribution < -0.4 is 0 Å². The third kappa shape index (κ3) is 2.44. The molecule has 1 unspecified atom stereocenters. The summed E-state index contributed by atoms with van der Waals surface area (Å²) in [6.07, 6.45) is 3.15. The van der Waals surface area contributed by atoms with Crippen LogP contribution in [-0.2, 0) is 4.79 Å². The van der Waals surface area contributed by atoms with Gasteiger partial charge in [0.2, 0.25) is 0 Å². The number of carbonyl (C=O) groups is 1. The molecule has 0 aliphatic carbocycles. The Morgan fingerprint density at radius 1 is 1.46 bits per heavy atom. The van der Waals surface area contributed by atoms with E-state index in [1.165, 1.54) is 12.8 Å². The number of rotatable bonds is 4. The zero-order valence-corrected chi connectivity index (χ0v) is 8.55. The van der Waals surface area contributed by atoms with Gasteiger partial charge in [-0.1, -0.05) is 6.92 Å². The van der Waals surface area contributed by atoms with Gasteiger partial charge in [-0.15, -0.1) is 0 Å². The molecule has 0 bridgehead atoms. The van der Waals surface area contributed by atoms with E-state index in [-0.39, 0.29) is 0 Å². The fourth-order valence-corrected chi connectivity index (χ4v) is 1.76. The summed E-state index contributed by atoms with van der Waals surface area (Å²) in [5, 5.41) is 9.07. The molecule has 0 radical (unpaired) electrons. The molecule has 0 saturated carbocycles. The van der Waals surface area contributed by atoms with Gasteiger partial charge in [0.05, 0.1) is 5.41 Å². The molecule has 0 spiro atoms. The van der Waals surface area contributed by atoms with Gasteiger partial charge >= 0.3 is 5.97 Å². The smallest absolute Gasteiger partial charge is 0.310 e. The Balaban J connectivity index is 2.51. The molecule has 0 aromatic heterocycles. The van der Waals surface area contributed by atoms with Crippen molar-refractivity contribution in [1.29, 1.82) is 0 Å². The van der Waals surface area contributed by atoms with Crippen molar-refractivity contribution in [3.8, 4) is 0 Å². The lowest BCUT2D eigenvalue weighted by Crippen LogP contribution is -2.39. The molecule has 1 aliphatic heterocycles. The Labute approximate surface area is 79.7 Å². The maximum atomic E-state index is 11.0. The highest BCUT2D eigenvalue weighted by Crippen LogP contribution is 2.24. The number of aliphatic carboxylic acids is 1. The van der Waals surface area contributed by atoms with Crippen molar-refractivity contribution in [2.24, 2.45) is 5.41 Å². The third-order valence-corrected chi connectivity index (χ3v) is 3.07. The van der Waals surface area contributed by atoms with Gasteiger partial charge in [-0.3, -0.25) is 4.79 Å². The van der Waals surface area contributed by atoms with E-state index in [1.54, 1.807) is 0 Å². The molecule has 3 heteroatoms. The van der Waals surface area contributed by atoms with Crippen molar-refractivity contribution < 1.29 is 9.90 Å². The Bertz CT molecular complexity index is 187. The third-order valence-electron chi connectivity index (χ3n) is 3.07. The minimum atomic E-state index is -0.665. The van der Waals surface area contributed by atoms with E-state index in [0.717, 1.165) is 13.1 Å². The summed E-state index contributed by atoms with van der Waals surface area (Å²) in [5.41, 5.74) is -0.551. The lowest BCUT2D eigenvalue weighted by atomic mass is 9.87. The summed E-state index contributed by atoms with van der Waals surface area (Å²) in [4.78, 5) is 13.3. The Hall–Kier alpha value is -0.570. The van der Waals surface area contributed by atoms with Gasteiger partial charge in [-0.2, -0.15) is 0 Å². The number of likely N-dealkylation sites (tertiary alicyclic amines) is 1. The predicted octanol–water partition coefficient (Wildman–Crippen LogP) is 1.58. The molecule has 0 amide bonds.